The molecule has 0 spiro atoms. The molecule has 2 unspecified atom stereocenters. The third kappa shape index (κ3) is 4.64. The second-order valence-corrected chi connectivity index (χ2v) is 4.64. The number of rotatable bonds is 6. The maximum absolute atomic E-state index is 11.6. The van der Waals surface area contributed by atoms with Gasteiger partial charge in [-0.05, 0) is 24.1 Å². The summed E-state index contributed by atoms with van der Waals surface area (Å²) in [7, 11) is 0. The van der Waals surface area contributed by atoms with Crippen LogP contribution in [0.4, 0.5) is 0 Å². The lowest BCUT2D eigenvalue weighted by Gasteiger charge is -2.15. The number of amides is 1. The number of aliphatic hydroxyl groups is 1. The highest BCUT2D eigenvalue weighted by atomic mass is 35.5. The highest BCUT2D eigenvalue weighted by Crippen LogP contribution is 2.15. The van der Waals surface area contributed by atoms with Crippen LogP contribution in [0.1, 0.15) is 31.4 Å². The zero-order valence-electron chi connectivity index (χ0n) is 10.4. The number of nitrogens with one attached hydrogen (secondary N) is 1. The number of hydrogen-bond donors (Lipinski definition) is 3. The summed E-state index contributed by atoms with van der Waals surface area (Å²) < 4.78 is 0. The topological polar surface area (TPSA) is 75.4 Å². The summed E-state index contributed by atoms with van der Waals surface area (Å²) in [4.78, 5) is 11.6. The molecule has 1 aromatic carbocycles. The Morgan fingerprint density at radius 1 is 1.44 bits per heavy atom. The molecule has 0 radical (unpaired) electrons. The minimum Gasteiger partial charge on any atom is -0.387 e. The smallest absolute Gasteiger partial charge is 0.237 e. The zero-order valence-corrected chi connectivity index (χ0v) is 11.2. The number of halogens is 1. The largest absolute Gasteiger partial charge is 0.387 e. The number of benzene rings is 1. The lowest BCUT2D eigenvalue weighted by Crippen LogP contribution is -2.41. The highest BCUT2D eigenvalue weighted by molar-refractivity contribution is 6.30. The van der Waals surface area contributed by atoms with Gasteiger partial charge in [0.2, 0.25) is 5.91 Å². The van der Waals surface area contributed by atoms with E-state index < -0.39 is 12.1 Å². The van der Waals surface area contributed by atoms with Crippen molar-refractivity contribution in [3.8, 4) is 0 Å². The number of carbonyl (C=O) groups excluding carboxylic acids is 1. The fourth-order valence-electron chi connectivity index (χ4n) is 1.57. The van der Waals surface area contributed by atoms with Crippen molar-refractivity contribution < 1.29 is 9.90 Å². The van der Waals surface area contributed by atoms with Gasteiger partial charge in [-0.1, -0.05) is 37.1 Å². The van der Waals surface area contributed by atoms with Crippen LogP contribution >= 0.6 is 11.6 Å². The molecule has 0 fully saturated rings. The third-order valence-corrected chi connectivity index (χ3v) is 2.91. The van der Waals surface area contributed by atoms with Crippen LogP contribution in [0.2, 0.25) is 5.02 Å². The Labute approximate surface area is 112 Å². The first-order valence-corrected chi connectivity index (χ1v) is 6.39. The van der Waals surface area contributed by atoms with Crippen LogP contribution in [0.3, 0.4) is 0 Å². The first kappa shape index (κ1) is 15.0. The molecular formula is C13H19ClN2O2. The van der Waals surface area contributed by atoms with Gasteiger partial charge < -0.3 is 16.2 Å². The van der Waals surface area contributed by atoms with Crippen molar-refractivity contribution >= 4 is 17.5 Å². The van der Waals surface area contributed by atoms with E-state index in [1.165, 1.54) is 0 Å². The molecule has 4 N–H and O–H groups in total. The molecule has 0 aromatic heterocycles. The predicted octanol–water partition coefficient (Wildman–Crippen LogP) is 1.62. The fraction of sp³-hybridized carbons (Fsp3) is 0.462. The second-order valence-electron chi connectivity index (χ2n) is 4.21. The molecule has 0 aliphatic heterocycles. The minimum atomic E-state index is -0.750. The summed E-state index contributed by atoms with van der Waals surface area (Å²) in [5, 5.41) is 13.1. The Hall–Kier alpha value is -1.10. The number of hydrogen-bond acceptors (Lipinski definition) is 3. The molecule has 0 saturated carbocycles. The summed E-state index contributed by atoms with van der Waals surface area (Å²) in [5.41, 5.74) is 6.37. The first-order valence-electron chi connectivity index (χ1n) is 6.01. The predicted molar refractivity (Wildman–Crippen MR) is 72.3 cm³/mol. The third-order valence-electron chi connectivity index (χ3n) is 2.66. The molecule has 4 nitrogen and oxygen atoms in total. The van der Waals surface area contributed by atoms with E-state index >= 15 is 0 Å². The van der Waals surface area contributed by atoms with Gasteiger partial charge >= 0.3 is 0 Å². The van der Waals surface area contributed by atoms with Gasteiger partial charge in [-0.2, -0.15) is 0 Å². The molecule has 18 heavy (non-hydrogen) atoms. The summed E-state index contributed by atoms with van der Waals surface area (Å²) in [6.45, 7) is 2.12. The summed E-state index contributed by atoms with van der Waals surface area (Å²) in [6, 6.07) is 6.35. The van der Waals surface area contributed by atoms with E-state index in [2.05, 4.69) is 5.32 Å². The lowest BCUT2D eigenvalue weighted by atomic mass is 10.1. The molecule has 0 saturated heterocycles. The quantitative estimate of drug-likeness (QED) is 0.735. The maximum Gasteiger partial charge on any atom is 0.237 e. The van der Waals surface area contributed by atoms with Crippen molar-refractivity contribution in [2.45, 2.75) is 31.9 Å². The lowest BCUT2D eigenvalue weighted by molar-refractivity contribution is -0.123. The van der Waals surface area contributed by atoms with E-state index in [0.717, 1.165) is 6.42 Å². The summed E-state index contributed by atoms with van der Waals surface area (Å²) in [6.07, 6.45) is 0.747. The molecule has 0 aliphatic rings. The molecular weight excluding hydrogens is 252 g/mol. The van der Waals surface area contributed by atoms with Gasteiger partial charge in [0.05, 0.1) is 12.1 Å². The second kappa shape index (κ2) is 7.36. The van der Waals surface area contributed by atoms with E-state index in [-0.39, 0.29) is 12.5 Å². The average Bonchev–Trinajstić information content (AvgIpc) is 2.36. The molecule has 0 bridgehead atoms. The molecule has 5 heteroatoms. The Bertz CT molecular complexity index is 381. The average molecular weight is 271 g/mol. The molecule has 0 heterocycles. The SMILES string of the molecule is CCCC(N)C(=O)NCC(O)c1ccc(Cl)cc1. The Kier molecular flexibility index (Phi) is 6.12. The van der Waals surface area contributed by atoms with Gasteiger partial charge in [-0.15, -0.1) is 0 Å². The summed E-state index contributed by atoms with van der Waals surface area (Å²) in [5.74, 6) is -0.232. The molecule has 1 rings (SSSR count). The van der Waals surface area contributed by atoms with E-state index in [4.69, 9.17) is 17.3 Å². The molecule has 100 valence electrons. The molecule has 1 amide bonds. The Morgan fingerprint density at radius 3 is 2.61 bits per heavy atom. The van der Waals surface area contributed by atoms with Gasteiger partial charge in [0.15, 0.2) is 0 Å². The summed E-state index contributed by atoms with van der Waals surface area (Å²) >= 11 is 5.75. The number of carbonyl (C=O) groups is 1. The van der Waals surface area contributed by atoms with Crippen molar-refractivity contribution in [2.24, 2.45) is 5.73 Å². The molecule has 2 atom stereocenters. The van der Waals surface area contributed by atoms with E-state index in [1.807, 2.05) is 6.92 Å². The maximum atomic E-state index is 11.6. The van der Waals surface area contributed by atoms with Gasteiger partial charge in [-0.25, -0.2) is 0 Å². The van der Waals surface area contributed by atoms with Crippen LogP contribution in [0, 0.1) is 0 Å². The number of aliphatic hydroxyl groups excluding tert-OH is 1. The van der Waals surface area contributed by atoms with E-state index in [9.17, 15) is 9.90 Å². The van der Waals surface area contributed by atoms with Gasteiger partial charge in [0, 0.05) is 11.6 Å². The van der Waals surface area contributed by atoms with Gasteiger partial charge in [0.25, 0.3) is 0 Å². The zero-order chi connectivity index (χ0) is 13.5. The van der Waals surface area contributed by atoms with Crippen molar-refractivity contribution in [3.63, 3.8) is 0 Å². The Balaban J connectivity index is 2.43. The van der Waals surface area contributed by atoms with Crippen molar-refractivity contribution in [2.75, 3.05) is 6.54 Å². The van der Waals surface area contributed by atoms with Crippen LogP contribution in [0.25, 0.3) is 0 Å². The first-order chi connectivity index (χ1) is 8.54. The minimum absolute atomic E-state index is 0.151. The van der Waals surface area contributed by atoms with Crippen molar-refractivity contribution in [1.82, 2.24) is 5.32 Å². The monoisotopic (exact) mass is 270 g/mol. The normalized spacial score (nSPS) is 14.0. The highest BCUT2D eigenvalue weighted by Gasteiger charge is 2.14. The van der Waals surface area contributed by atoms with E-state index in [0.29, 0.717) is 17.0 Å². The van der Waals surface area contributed by atoms with Crippen molar-refractivity contribution in [3.05, 3.63) is 34.9 Å². The van der Waals surface area contributed by atoms with Crippen LogP contribution in [-0.2, 0) is 4.79 Å². The molecule has 0 aliphatic carbocycles. The van der Waals surface area contributed by atoms with Crippen molar-refractivity contribution in [1.29, 1.82) is 0 Å². The Morgan fingerprint density at radius 2 is 2.06 bits per heavy atom. The van der Waals surface area contributed by atoms with Crippen LogP contribution in [-0.4, -0.2) is 23.6 Å². The standard InChI is InChI=1S/C13H19ClN2O2/c1-2-3-11(15)13(18)16-8-12(17)9-4-6-10(14)7-5-9/h4-7,11-12,17H,2-3,8,15H2,1H3,(H,16,18). The molecule has 1 aromatic rings. The fourth-order valence-corrected chi connectivity index (χ4v) is 1.70. The van der Waals surface area contributed by atoms with Gasteiger partial charge in [0.1, 0.15) is 0 Å². The van der Waals surface area contributed by atoms with Gasteiger partial charge in [-0.3, -0.25) is 4.79 Å². The van der Waals surface area contributed by atoms with Crippen LogP contribution in [0.15, 0.2) is 24.3 Å². The van der Waals surface area contributed by atoms with Crippen LogP contribution < -0.4 is 11.1 Å². The number of nitrogens with two attached hydrogens (primary N) is 1. The van der Waals surface area contributed by atoms with Crippen LogP contribution in [0.5, 0.6) is 0 Å². The van der Waals surface area contributed by atoms with E-state index in [1.54, 1.807) is 24.3 Å².